The Morgan fingerprint density at radius 3 is 2.31 bits per heavy atom. The van der Waals surface area contributed by atoms with Crippen LogP contribution in [0.5, 0.6) is 0 Å². The molecule has 0 bridgehead atoms. The summed E-state index contributed by atoms with van der Waals surface area (Å²) >= 11 is 0. The molecule has 16 heavy (non-hydrogen) atoms. The van der Waals surface area contributed by atoms with Crippen molar-refractivity contribution >= 4 is 13.0 Å². The Kier molecular flexibility index (Phi) is 5.85. The molecule has 1 aromatic carbocycles. The van der Waals surface area contributed by atoms with Gasteiger partial charge in [0.15, 0.2) is 0 Å². The van der Waals surface area contributed by atoms with E-state index in [4.69, 9.17) is 0 Å². The molecule has 2 rings (SSSR count). The molecule has 0 N–H and O–H groups in total. The molecule has 1 fully saturated rings. The van der Waals surface area contributed by atoms with Gasteiger partial charge in [-0.25, -0.2) is 0 Å². The first kappa shape index (κ1) is 13.5. The van der Waals surface area contributed by atoms with Crippen molar-refractivity contribution in [2.24, 2.45) is 0 Å². The van der Waals surface area contributed by atoms with Gasteiger partial charge in [0.1, 0.15) is 5.68 Å². The van der Waals surface area contributed by atoms with E-state index in [9.17, 15) is 4.79 Å². The first-order chi connectivity index (χ1) is 7.36. The number of carbonyl (C=O) groups is 1. The van der Waals surface area contributed by atoms with Crippen LogP contribution < -0.4 is 0 Å². The van der Waals surface area contributed by atoms with Crippen molar-refractivity contribution in [2.45, 2.75) is 37.9 Å². The average Bonchev–Trinajstić information content (AvgIpc) is 2.31. The molecule has 1 aromatic rings. The van der Waals surface area contributed by atoms with Crippen LogP contribution in [0.25, 0.3) is 0 Å². The smallest absolute Gasteiger partial charge is 0.307 e. The van der Waals surface area contributed by atoms with E-state index in [0.29, 0.717) is 5.82 Å². The van der Waals surface area contributed by atoms with Gasteiger partial charge >= 0.3 is 16.8 Å². The summed E-state index contributed by atoms with van der Waals surface area (Å²) in [7, 11) is 1.93. The van der Waals surface area contributed by atoms with Gasteiger partial charge in [0.2, 0.25) is 7.28 Å². The molecule has 1 saturated carbocycles. The van der Waals surface area contributed by atoms with Gasteiger partial charge in [-0.15, -0.1) is 0 Å². The predicted octanol–water partition coefficient (Wildman–Crippen LogP) is 3.28. The van der Waals surface area contributed by atoms with E-state index in [1.165, 1.54) is 32.1 Å². The molecule has 0 aromatic heterocycles. The molecule has 2 radical (unpaired) electrons. The zero-order valence-corrected chi connectivity index (χ0v) is 10.4. The minimum atomic E-state index is 0. The van der Waals surface area contributed by atoms with Crippen LogP contribution >= 0.6 is 0 Å². The Bertz CT molecular complexity index is 320. The van der Waals surface area contributed by atoms with Crippen molar-refractivity contribution in [2.75, 3.05) is 0 Å². The fourth-order valence-corrected chi connectivity index (χ4v) is 2.21. The second-order valence-electron chi connectivity index (χ2n) is 4.30. The maximum Gasteiger partial charge on any atom is 2.00 e. The number of hydrogen-bond acceptors (Lipinski definition) is 1. The van der Waals surface area contributed by atoms with Crippen LogP contribution in [-0.2, 0) is 16.8 Å². The molecule has 0 aliphatic heterocycles. The number of hydrogen-bond donors (Lipinski definition) is 0. The Balaban J connectivity index is 0.00000128. The normalized spacial score (nSPS) is 16.2. The maximum absolute atomic E-state index is 11.9. The zero-order chi connectivity index (χ0) is 10.5. The van der Waals surface area contributed by atoms with E-state index in [2.05, 4.69) is 0 Å². The molecular weight excluding hydrogens is 242 g/mol. The van der Waals surface area contributed by atoms with Gasteiger partial charge in [-0.1, -0.05) is 68.3 Å². The van der Waals surface area contributed by atoms with Crippen molar-refractivity contribution < 1.29 is 21.6 Å². The zero-order valence-electron chi connectivity index (χ0n) is 9.32. The average molecular weight is 258 g/mol. The van der Waals surface area contributed by atoms with Crippen LogP contribution in [0.4, 0.5) is 0 Å². The summed E-state index contributed by atoms with van der Waals surface area (Å²) in [6, 6.07) is 9.56. The third-order valence-electron chi connectivity index (χ3n) is 3.10. The molecule has 1 aliphatic rings. The quantitative estimate of drug-likeness (QED) is 0.760. The third-order valence-corrected chi connectivity index (χ3v) is 3.10. The monoisotopic (exact) mass is 258 g/mol. The van der Waals surface area contributed by atoms with Crippen LogP contribution in [0.2, 0.25) is 5.82 Å². The molecule has 0 atom stereocenters. The molecule has 1 aliphatic carbocycles. The molecule has 0 heterocycles. The molecule has 0 spiro atoms. The summed E-state index contributed by atoms with van der Waals surface area (Å²) in [5.74, 6) is 0.520. The Morgan fingerprint density at radius 1 is 1.06 bits per heavy atom. The minimum absolute atomic E-state index is 0. The van der Waals surface area contributed by atoms with E-state index >= 15 is 0 Å². The largest absolute Gasteiger partial charge is 2.00 e. The van der Waals surface area contributed by atoms with Crippen molar-refractivity contribution in [1.29, 1.82) is 0 Å². The second kappa shape index (κ2) is 6.92. The van der Waals surface area contributed by atoms with E-state index < -0.39 is 0 Å². The summed E-state index contributed by atoms with van der Waals surface area (Å²) in [5.41, 5.74) is 1.02. The van der Waals surface area contributed by atoms with Gasteiger partial charge in [-0.3, -0.25) is 0 Å². The number of rotatable bonds is 3. The van der Waals surface area contributed by atoms with E-state index in [1.807, 2.05) is 37.6 Å². The number of carbonyl (C=O) groups excluding carboxylic acids is 1. The molecule has 3 heteroatoms. The topological polar surface area (TPSA) is 17.1 Å². The Morgan fingerprint density at radius 2 is 1.69 bits per heavy atom. The van der Waals surface area contributed by atoms with Crippen molar-refractivity contribution in [3.05, 3.63) is 35.9 Å². The Hall–Kier alpha value is -0.539. The van der Waals surface area contributed by atoms with Crippen LogP contribution in [0, 0.1) is 0 Å². The summed E-state index contributed by atoms with van der Waals surface area (Å²) < 4.78 is 0. The van der Waals surface area contributed by atoms with Gasteiger partial charge in [-0.05, 0) is 0 Å². The van der Waals surface area contributed by atoms with Crippen LogP contribution in [-0.4, -0.2) is 13.0 Å². The molecule has 0 unspecified atom stereocenters. The molecule has 0 amide bonds. The SMILES string of the molecule is O=C([B]C1CCCCC1)c1ccccc1.[Co+2]. The molecular formula is C13H16BCoO+2. The predicted molar refractivity (Wildman–Crippen MR) is 63.4 cm³/mol. The van der Waals surface area contributed by atoms with Crippen molar-refractivity contribution in [3.8, 4) is 0 Å². The van der Waals surface area contributed by atoms with E-state index in [-0.39, 0.29) is 22.5 Å². The van der Waals surface area contributed by atoms with E-state index in [1.54, 1.807) is 0 Å². The van der Waals surface area contributed by atoms with Gasteiger partial charge in [0.05, 0.1) is 0 Å². The number of benzene rings is 1. The fraction of sp³-hybridized carbons (Fsp3) is 0.462. The van der Waals surface area contributed by atoms with Crippen LogP contribution in [0.3, 0.4) is 0 Å². The van der Waals surface area contributed by atoms with Gasteiger partial charge in [0, 0.05) is 5.56 Å². The van der Waals surface area contributed by atoms with E-state index in [0.717, 1.165) is 5.56 Å². The second-order valence-corrected chi connectivity index (χ2v) is 4.30. The van der Waals surface area contributed by atoms with Gasteiger partial charge in [0.25, 0.3) is 0 Å². The summed E-state index contributed by atoms with van der Waals surface area (Å²) in [6.07, 6.45) is 6.29. The van der Waals surface area contributed by atoms with Crippen molar-refractivity contribution in [1.82, 2.24) is 0 Å². The van der Waals surface area contributed by atoms with Gasteiger partial charge in [-0.2, -0.15) is 0 Å². The van der Waals surface area contributed by atoms with Gasteiger partial charge < -0.3 is 4.79 Å². The first-order valence-electron chi connectivity index (χ1n) is 5.80. The molecule has 1 nitrogen and oxygen atoms in total. The third kappa shape index (κ3) is 3.80. The summed E-state index contributed by atoms with van der Waals surface area (Å²) in [4.78, 5) is 11.9. The summed E-state index contributed by atoms with van der Waals surface area (Å²) in [5, 5.41) is 0. The van der Waals surface area contributed by atoms with Crippen LogP contribution in [0.1, 0.15) is 42.5 Å². The molecule has 84 valence electrons. The van der Waals surface area contributed by atoms with Crippen LogP contribution in [0.15, 0.2) is 30.3 Å². The standard InChI is InChI=1S/C13H16BO.Co/c15-13(11-7-3-1-4-8-11)14-12-9-5-2-6-10-12;/h1,3-4,7-8,12H,2,5-6,9-10H2;/q;+2. The minimum Gasteiger partial charge on any atom is -0.307 e. The van der Waals surface area contributed by atoms with Crippen molar-refractivity contribution in [3.63, 3.8) is 0 Å². The first-order valence-corrected chi connectivity index (χ1v) is 5.80. The molecule has 0 saturated heterocycles. The fourth-order valence-electron chi connectivity index (χ4n) is 2.21. The summed E-state index contributed by atoms with van der Waals surface area (Å²) in [6.45, 7) is 0. The maximum atomic E-state index is 11.9. The Labute approximate surface area is 108 Å².